The molecule has 0 atom stereocenters. The van der Waals surface area contributed by atoms with Crippen molar-refractivity contribution >= 4 is 17.2 Å². The Labute approximate surface area is 138 Å². The van der Waals surface area contributed by atoms with Gasteiger partial charge >= 0.3 is 0 Å². The molecule has 3 heterocycles. The van der Waals surface area contributed by atoms with E-state index in [9.17, 15) is 0 Å². The van der Waals surface area contributed by atoms with Crippen LogP contribution in [0.1, 0.15) is 0 Å². The van der Waals surface area contributed by atoms with Crippen molar-refractivity contribution in [3.05, 3.63) is 67.4 Å². The van der Waals surface area contributed by atoms with Crippen molar-refractivity contribution in [2.45, 2.75) is 0 Å². The highest BCUT2D eigenvalue weighted by Crippen LogP contribution is 2.25. The number of hydrogen-bond acceptors (Lipinski definition) is 5. The van der Waals surface area contributed by atoms with Crippen LogP contribution in [0.3, 0.4) is 0 Å². The first kappa shape index (κ1) is 14.2. The normalized spacial score (nSPS) is 10.7. The molecule has 4 aromatic rings. The topological polar surface area (TPSA) is 64.3 Å². The molecule has 4 rings (SSSR count). The molecule has 118 valence electrons. The second-order valence-electron chi connectivity index (χ2n) is 5.21. The monoisotopic (exact) mass is 317 g/mol. The number of methoxy groups -OCH3 is 1. The number of aromatic nitrogens is 4. The maximum Gasteiger partial charge on any atom is 0.180 e. The average molecular weight is 317 g/mol. The molecule has 0 amide bonds. The summed E-state index contributed by atoms with van der Waals surface area (Å²) >= 11 is 0. The molecule has 0 saturated carbocycles. The number of hydrogen-bond donors (Lipinski definition) is 1. The molecule has 0 unspecified atom stereocenters. The molecule has 0 radical (unpaired) electrons. The van der Waals surface area contributed by atoms with Gasteiger partial charge in [-0.05, 0) is 36.4 Å². The smallest absolute Gasteiger partial charge is 0.180 e. The molecular formula is C18H15N5O. The van der Waals surface area contributed by atoms with E-state index in [1.807, 2.05) is 59.4 Å². The molecule has 0 aliphatic carbocycles. The summed E-state index contributed by atoms with van der Waals surface area (Å²) in [4.78, 5) is 13.1. The Hall–Kier alpha value is -3.41. The number of nitrogens with one attached hydrogen (secondary N) is 1. The van der Waals surface area contributed by atoms with Gasteiger partial charge in [0.1, 0.15) is 5.75 Å². The van der Waals surface area contributed by atoms with Crippen molar-refractivity contribution < 1.29 is 4.74 Å². The zero-order chi connectivity index (χ0) is 16.4. The lowest BCUT2D eigenvalue weighted by Gasteiger charge is -2.10. The number of benzene rings is 1. The summed E-state index contributed by atoms with van der Waals surface area (Å²) in [5.41, 5.74) is 3.61. The highest BCUT2D eigenvalue weighted by Gasteiger charge is 2.10. The van der Waals surface area contributed by atoms with Gasteiger partial charge in [-0.3, -0.25) is 9.38 Å². The predicted octanol–water partition coefficient (Wildman–Crippen LogP) is 3.54. The fraction of sp³-hybridized carbons (Fsp3) is 0.0556. The number of nitrogens with zero attached hydrogens (tertiary/aromatic N) is 4. The second-order valence-corrected chi connectivity index (χ2v) is 5.21. The third-order valence-corrected chi connectivity index (χ3v) is 3.74. The lowest BCUT2D eigenvalue weighted by atomic mass is 10.2. The van der Waals surface area contributed by atoms with Crippen molar-refractivity contribution in [2.75, 3.05) is 12.4 Å². The molecule has 1 aromatic carbocycles. The first-order chi connectivity index (χ1) is 11.8. The Balaban J connectivity index is 1.74. The zero-order valence-electron chi connectivity index (χ0n) is 13.0. The van der Waals surface area contributed by atoms with Gasteiger partial charge in [0.2, 0.25) is 0 Å². The van der Waals surface area contributed by atoms with E-state index in [4.69, 9.17) is 4.74 Å². The van der Waals surface area contributed by atoms with Crippen molar-refractivity contribution in [1.82, 2.24) is 19.4 Å². The van der Waals surface area contributed by atoms with Crippen LogP contribution in [-0.4, -0.2) is 26.5 Å². The Bertz CT molecular complexity index is 964. The van der Waals surface area contributed by atoms with Gasteiger partial charge in [0.25, 0.3) is 0 Å². The third-order valence-electron chi connectivity index (χ3n) is 3.74. The predicted molar refractivity (Wildman–Crippen MR) is 92.5 cm³/mol. The Morgan fingerprint density at radius 1 is 1.00 bits per heavy atom. The molecular weight excluding hydrogens is 302 g/mol. The molecule has 0 spiro atoms. The van der Waals surface area contributed by atoms with Crippen LogP contribution in [0.15, 0.2) is 67.4 Å². The van der Waals surface area contributed by atoms with E-state index in [-0.39, 0.29) is 0 Å². The van der Waals surface area contributed by atoms with Gasteiger partial charge in [0, 0.05) is 36.0 Å². The van der Waals surface area contributed by atoms with Crippen LogP contribution in [0.25, 0.3) is 16.9 Å². The van der Waals surface area contributed by atoms with E-state index in [1.54, 1.807) is 19.5 Å². The minimum absolute atomic E-state index is 0.692. The van der Waals surface area contributed by atoms with Crippen LogP contribution in [-0.2, 0) is 0 Å². The Kier molecular flexibility index (Phi) is 3.55. The maximum atomic E-state index is 5.18. The highest BCUT2D eigenvalue weighted by molar-refractivity contribution is 5.74. The van der Waals surface area contributed by atoms with Crippen LogP contribution in [0.5, 0.6) is 5.75 Å². The highest BCUT2D eigenvalue weighted by atomic mass is 16.5. The Morgan fingerprint density at radius 2 is 1.88 bits per heavy atom. The number of pyridine rings is 1. The summed E-state index contributed by atoms with van der Waals surface area (Å²) in [5.74, 6) is 1.50. The molecule has 3 aromatic heterocycles. The maximum absolute atomic E-state index is 5.18. The van der Waals surface area contributed by atoms with Crippen molar-refractivity contribution in [3.63, 3.8) is 0 Å². The van der Waals surface area contributed by atoms with Crippen LogP contribution < -0.4 is 10.1 Å². The van der Waals surface area contributed by atoms with E-state index in [1.165, 1.54) is 0 Å². The molecule has 0 saturated heterocycles. The fourth-order valence-corrected chi connectivity index (χ4v) is 2.55. The van der Waals surface area contributed by atoms with Gasteiger partial charge in [0.15, 0.2) is 11.5 Å². The van der Waals surface area contributed by atoms with E-state index in [0.717, 1.165) is 28.3 Å². The van der Waals surface area contributed by atoms with Crippen molar-refractivity contribution in [3.8, 4) is 17.0 Å². The van der Waals surface area contributed by atoms with E-state index in [0.29, 0.717) is 5.82 Å². The Morgan fingerprint density at radius 3 is 2.62 bits per heavy atom. The van der Waals surface area contributed by atoms with Crippen LogP contribution in [0.2, 0.25) is 0 Å². The molecule has 24 heavy (non-hydrogen) atoms. The van der Waals surface area contributed by atoms with Gasteiger partial charge in [-0.25, -0.2) is 9.97 Å². The average Bonchev–Trinajstić information content (AvgIpc) is 3.13. The van der Waals surface area contributed by atoms with Gasteiger partial charge in [-0.2, -0.15) is 0 Å². The minimum atomic E-state index is 0.692. The van der Waals surface area contributed by atoms with Crippen LogP contribution >= 0.6 is 0 Å². The SMILES string of the molecule is COc1ccc(Nc2ncc(-c3cccnc3)n3ccnc23)cc1. The van der Waals surface area contributed by atoms with E-state index < -0.39 is 0 Å². The van der Waals surface area contributed by atoms with E-state index in [2.05, 4.69) is 20.3 Å². The lowest BCUT2D eigenvalue weighted by molar-refractivity contribution is 0.415. The van der Waals surface area contributed by atoms with Crippen molar-refractivity contribution in [1.29, 1.82) is 0 Å². The fourth-order valence-electron chi connectivity index (χ4n) is 2.55. The number of imidazole rings is 1. The summed E-state index contributed by atoms with van der Waals surface area (Å²) < 4.78 is 7.17. The number of rotatable bonds is 4. The summed E-state index contributed by atoms with van der Waals surface area (Å²) in [7, 11) is 1.65. The minimum Gasteiger partial charge on any atom is -0.497 e. The lowest BCUT2D eigenvalue weighted by Crippen LogP contribution is -2.00. The largest absolute Gasteiger partial charge is 0.497 e. The standard InChI is InChI=1S/C18H15N5O/c1-24-15-6-4-14(5-7-15)22-17-18-20-9-10-23(18)16(12-21-17)13-3-2-8-19-11-13/h2-12H,1H3,(H,21,22). The summed E-state index contributed by atoms with van der Waals surface area (Å²) in [6, 6.07) is 11.6. The number of anilines is 2. The molecule has 1 N–H and O–H groups in total. The van der Waals surface area contributed by atoms with Gasteiger partial charge in [-0.1, -0.05) is 0 Å². The first-order valence-corrected chi connectivity index (χ1v) is 7.49. The zero-order valence-corrected chi connectivity index (χ0v) is 13.0. The molecule has 0 aliphatic heterocycles. The van der Waals surface area contributed by atoms with Gasteiger partial charge in [-0.15, -0.1) is 0 Å². The first-order valence-electron chi connectivity index (χ1n) is 7.49. The summed E-state index contributed by atoms with van der Waals surface area (Å²) in [6.07, 6.45) is 9.06. The third kappa shape index (κ3) is 2.54. The molecule has 0 bridgehead atoms. The van der Waals surface area contributed by atoms with Crippen molar-refractivity contribution in [2.24, 2.45) is 0 Å². The molecule has 6 nitrogen and oxygen atoms in total. The summed E-state index contributed by atoms with van der Waals surface area (Å²) in [5, 5.41) is 3.30. The number of ether oxygens (including phenoxy) is 1. The van der Waals surface area contributed by atoms with Crippen LogP contribution in [0, 0.1) is 0 Å². The van der Waals surface area contributed by atoms with E-state index >= 15 is 0 Å². The molecule has 0 aliphatic rings. The number of fused-ring (bicyclic) bond motifs is 1. The van der Waals surface area contributed by atoms with Gasteiger partial charge in [0.05, 0.1) is 19.0 Å². The quantitative estimate of drug-likeness (QED) is 0.623. The van der Waals surface area contributed by atoms with Crippen LogP contribution in [0.4, 0.5) is 11.5 Å². The molecule has 6 heteroatoms. The second kappa shape index (κ2) is 6.00. The molecule has 0 fully saturated rings. The van der Waals surface area contributed by atoms with Gasteiger partial charge < -0.3 is 10.1 Å². The summed E-state index contributed by atoms with van der Waals surface area (Å²) in [6.45, 7) is 0.